The van der Waals surface area contributed by atoms with Crippen LogP contribution >= 0.6 is 23.2 Å². The number of carbonyl (C=O) groups excluding carboxylic acids is 1. The van der Waals surface area contributed by atoms with Gasteiger partial charge in [-0.2, -0.15) is 0 Å². The van der Waals surface area contributed by atoms with Crippen LogP contribution in [-0.2, 0) is 22.5 Å². The first kappa shape index (κ1) is 28.1. The van der Waals surface area contributed by atoms with Gasteiger partial charge < -0.3 is 30.2 Å². The van der Waals surface area contributed by atoms with Crippen LogP contribution in [0.5, 0.6) is 0 Å². The molecular formula is C30H29Cl2N7O4. The zero-order chi connectivity index (χ0) is 29.7. The quantitative estimate of drug-likeness (QED) is 0.195. The molecule has 11 nitrogen and oxygen atoms in total. The van der Waals surface area contributed by atoms with Gasteiger partial charge in [-0.15, -0.1) is 0 Å². The van der Waals surface area contributed by atoms with E-state index in [1.165, 1.54) is 22.8 Å². The molecule has 1 aliphatic carbocycles. The Labute approximate surface area is 256 Å². The number of nitrogens with zero attached hydrogens (tertiary/aromatic N) is 5. The Kier molecular flexibility index (Phi) is 7.44. The number of hydrogen-bond donors (Lipinski definition) is 4. The minimum absolute atomic E-state index is 0.106. The normalized spacial score (nSPS) is 22.0. The van der Waals surface area contributed by atoms with Gasteiger partial charge in [0.1, 0.15) is 18.5 Å². The topological polar surface area (TPSA) is 139 Å². The zero-order valence-electron chi connectivity index (χ0n) is 22.9. The first-order chi connectivity index (χ1) is 20.9. The van der Waals surface area contributed by atoms with Crippen molar-refractivity contribution in [3.8, 4) is 0 Å². The Morgan fingerprint density at radius 3 is 2.70 bits per heavy atom. The third kappa shape index (κ3) is 5.43. The second kappa shape index (κ2) is 11.4. The van der Waals surface area contributed by atoms with E-state index in [1.807, 2.05) is 30.3 Å². The number of carbonyl (C=O) groups is 1. The summed E-state index contributed by atoms with van der Waals surface area (Å²) in [6.45, 7) is 1.23. The van der Waals surface area contributed by atoms with Crippen LogP contribution in [0.2, 0.25) is 10.0 Å². The molecule has 2 fully saturated rings. The highest BCUT2D eigenvalue weighted by Crippen LogP contribution is 2.33. The number of nitrogens with one attached hydrogen (secondary N) is 2. The lowest BCUT2D eigenvalue weighted by molar-refractivity contribution is -0.137. The van der Waals surface area contributed by atoms with Crippen LogP contribution in [0.1, 0.15) is 30.2 Å². The lowest BCUT2D eigenvalue weighted by Gasteiger charge is -2.16. The molecule has 4 atom stereocenters. The number of hydrogen-bond acceptors (Lipinski definition) is 8. The molecule has 0 radical (unpaired) electrons. The number of para-hydroxylation sites is 1. The van der Waals surface area contributed by atoms with Crippen molar-refractivity contribution in [2.75, 3.05) is 11.9 Å². The van der Waals surface area contributed by atoms with Gasteiger partial charge >= 0.3 is 0 Å². The molecular weight excluding hydrogens is 593 g/mol. The summed E-state index contributed by atoms with van der Waals surface area (Å²) in [5.74, 6) is 0.0932. The maximum Gasteiger partial charge on any atom is 0.252 e. The summed E-state index contributed by atoms with van der Waals surface area (Å²) in [6.07, 6.45) is 2.63. The average Bonchev–Trinajstić information content (AvgIpc) is 3.49. The monoisotopic (exact) mass is 621 g/mol. The standard InChI is InChI=1S/C30H29Cl2N7O4/c31-20-8-5-16(11-21(20)32)12-38-13-17(19-3-1-2-4-22(19)38)9-10-33-27-23-28(35-14-34-27)39(15-36-23)30-25(41)24(40)26(43-30)29(42)37-18-6-7-18/h1-5,8,11,13-15,18,24-26,30,40-41H,6-7,9-10,12H2,(H,37,42)(H,33,34,35)/t24-,25+,26-,30+/m0/s1. The van der Waals surface area contributed by atoms with E-state index in [-0.39, 0.29) is 6.04 Å². The molecule has 222 valence electrons. The Hall–Kier alpha value is -3.74. The van der Waals surface area contributed by atoms with Crippen molar-refractivity contribution in [1.29, 1.82) is 0 Å². The number of aliphatic hydroxyl groups excluding tert-OH is 2. The smallest absolute Gasteiger partial charge is 0.252 e. The highest BCUT2D eigenvalue weighted by Gasteiger charge is 2.48. The molecule has 3 aromatic heterocycles. The van der Waals surface area contributed by atoms with Gasteiger partial charge in [0.05, 0.1) is 16.4 Å². The largest absolute Gasteiger partial charge is 0.387 e. The van der Waals surface area contributed by atoms with E-state index in [2.05, 4.69) is 48.5 Å². The molecule has 2 aliphatic rings. The van der Waals surface area contributed by atoms with Crippen molar-refractivity contribution in [2.45, 2.75) is 56.4 Å². The number of aliphatic hydroxyl groups is 2. The molecule has 0 unspecified atom stereocenters. The van der Waals surface area contributed by atoms with E-state index in [1.54, 1.807) is 0 Å². The summed E-state index contributed by atoms with van der Waals surface area (Å²) < 4.78 is 9.55. The highest BCUT2D eigenvalue weighted by atomic mass is 35.5. The molecule has 4 heterocycles. The highest BCUT2D eigenvalue weighted by molar-refractivity contribution is 6.42. The molecule has 4 N–H and O–H groups in total. The van der Waals surface area contributed by atoms with E-state index in [0.29, 0.717) is 40.1 Å². The fourth-order valence-corrected chi connectivity index (χ4v) is 5.91. The zero-order valence-corrected chi connectivity index (χ0v) is 24.4. The minimum Gasteiger partial charge on any atom is -0.387 e. The summed E-state index contributed by atoms with van der Waals surface area (Å²) in [7, 11) is 0. The van der Waals surface area contributed by atoms with E-state index >= 15 is 0 Å². The first-order valence-electron chi connectivity index (χ1n) is 14.1. The van der Waals surface area contributed by atoms with Crippen molar-refractivity contribution in [3.05, 3.63) is 82.5 Å². The van der Waals surface area contributed by atoms with Crippen LogP contribution < -0.4 is 10.6 Å². The van der Waals surface area contributed by atoms with Crippen LogP contribution in [0.3, 0.4) is 0 Å². The van der Waals surface area contributed by atoms with Gasteiger partial charge in [-0.05, 0) is 48.6 Å². The third-order valence-corrected chi connectivity index (χ3v) is 8.69. The van der Waals surface area contributed by atoms with Gasteiger partial charge in [-0.1, -0.05) is 47.5 Å². The van der Waals surface area contributed by atoms with Crippen LogP contribution in [0.25, 0.3) is 22.1 Å². The van der Waals surface area contributed by atoms with Gasteiger partial charge in [-0.3, -0.25) is 9.36 Å². The summed E-state index contributed by atoms with van der Waals surface area (Å²) in [5.41, 5.74) is 4.24. The summed E-state index contributed by atoms with van der Waals surface area (Å²) >= 11 is 12.4. The maximum absolute atomic E-state index is 12.5. The van der Waals surface area contributed by atoms with Gasteiger partial charge in [0.25, 0.3) is 5.91 Å². The fraction of sp³-hybridized carbons (Fsp3) is 0.333. The van der Waals surface area contributed by atoms with E-state index in [4.69, 9.17) is 27.9 Å². The molecule has 5 aromatic rings. The number of fused-ring (bicyclic) bond motifs is 2. The molecule has 1 aliphatic heterocycles. The lowest BCUT2D eigenvalue weighted by atomic mass is 10.1. The maximum atomic E-state index is 12.5. The first-order valence-corrected chi connectivity index (χ1v) is 14.9. The molecule has 1 amide bonds. The number of anilines is 1. The number of ether oxygens (including phenoxy) is 1. The van der Waals surface area contributed by atoms with Crippen LogP contribution in [0.4, 0.5) is 5.82 Å². The average molecular weight is 623 g/mol. The van der Waals surface area contributed by atoms with Crippen molar-refractivity contribution in [3.63, 3.8) is 0 Å². The summed E-state index contributed by atoms with van der Waals surface area (Å²) in [4.78, 5) is 25.8. The van der Waals surface area contributed by atoms with Gasteiger partial charge in [-0.25, -0.2) is 15.0 Å². The Balaban J connectivity index is 1.07. The Morgan fingerprint density at radius 1 is 1.05 bits per heavy atom. The summed E-state index contributed by atoms with van der Waals surface area (Å²) in [6, 6.07) is 14.0. The van der Waals surface area contributed by atoms with Crippen LogP contribution in [0, 0.1) is 0 Å². The van der Waals surface area contributed by atoms with E-state index in [0.717, 1.165) is 35.7 Å². The number of rotatable bonds is 9. The SMILES string of the molecule is O=C(NC1CC1)[C@H]1O[C@@H](n2cnc3c(NCCc4cn(Cc5ccc(Cl)c(Cl)c5)c5ccccc45)ncnc32)[C@H](O)[C@@H]1O. The van der Waals surface area contributed by atoms with Crippen molar-refractivity contribution >= 4 is 57.0 Å². The van der Waals surface area contributed by atoms with Gasteiger partial charge in [0.2, 0.25) is 0 Å². The molecule has 7 rings (SSSR count). The van der Waals surface area contributed by atoms with E-state index < -0.39 is 30.4 Å². The predicted molar refractivity (Wildman–Crippen MR) is 162 cm³/mol. The van der Waals surface area contributed by atoms with Crippen molar-refractivity contribution < 1.29 is 19.7 Å². The number of imidazole rings is 1. The van der Waals surface area contributed by atoms with Crippen LogP contribution in [-0.4, -0.2) is 71.1 Å². The van der Waals surface area contributed by atoms with Gasteiger partial charge in [0.15, 0.2) is 29.3 Å². The number of aromatic nitrogens is 5. The lowest BCUT2D eigenvalue weighted by Crippen LogP contribution is -2.43. The molecule has 0 spiro atoms. The van der Waals surface area contributed by atoms with Crippen LogP contribution in [0.15, 0.2) is 61.3 Å². The molecule has 0 bridgehead atoms. The van der Waals surface area contributed by atoms with Gasteiger partial charge in [0, 0.05) is 36.2 Å². The van der Waals surface area contributed by atoms with Crippen molar-refractivity contribution in [2.24, 2.45) is 0 Å². The molecule has 13 heteroatoms. The Bertz CT molecular complexity index is 1820. The predicted octanol–water partition coefficient (Wildman–Crippen LogP) is 3.69. The third-order valence-electron chi connectivity index (χ3n) is 7.95. The van der Waals surface area contributed by atoms with E-state index in [9.17, 15) is 15.0 Å². The Morgan fingerprint density at radius 2 is 1.88 bits per heavy atom. The number of halogens is 2. The number of benzene rings is 2. The molecule has 1 saturated heterocycles. The summed E-state index contributed by atoms with van der Waals surface area (Å²) in [5, 5.41) is 29.7. The fourth-order valence-electron chi connectivity index (χ4n) is 5.59. The van der Waals surface area contributed by atoms with Crippen molar-refractivity contribution in [1.82, 2.24) is 29.4 Å². The molecule has 43 heavy (non-hydrogen) atoms. The second-order valence-corrected chi connectivity index (χ2v) is 11.8. The second-order valence-electron chi connectivity index (χ2n) is 11.0. The minimum atomic E-state index is -1.38. The molecule has 1 saturated carbocycles. The number of amides is 1. The molecule has 2 aromatic carbocycles.